The monoisotopic (exact) mass is 606 g/mol. The van der Waals surface area contributed by atoms with Gasteiger partial charge in [-0.2, -0.15) is 8.42 Å². The van der Waals surface area contributed by atoms with Gasteiger partial charge < -0.3 is 14.0 Å². The summed E-state index contributed by atoms with van der Waals surface area (Å²) in [6.07, 6.45) is 1.21. The minimum absolute atomic E-state index is 0.0195. The Kier molecular flexibility index (Phi) is 7.25. The zero-order chi connectivity index (χ0) is 26.9. The van der Waals surface area contributed by atoms with Crippen LogP contribution in [0.2, 0.25) is 5.02 Å². The molecule has 10 nitrogen and oxygen atoms in total. The molecule has 1 saturated heterocycles. The second-order valence-corrected chi connectivity index (χ2v) is 10.3. The zero-order valence-corrected chi connectivity index (χ0v) is 21.9. The summed E-state index contributed by atoms with van der Waals surface area (Å²) in [7, 11) is -2.97. The van der Waals surface area contributed by atoms with Crippen molar-refractivity contribution in [3.05, 3.63) is 81.3 Å². The number of aromatic hydroxyl groups is 1. The van der Waals surface area contributed by atoms with E-state index in [1.165, 1.54) is 73.8 Å². The summed E-state index contributed by atoms with van der Waals surface area (Å²) in [5.41, 5.74) is 0.0242. The van der Waals surface area contributed by atoms with E-state index in [4.69, 9.17) is 20.5 Å². The molecule has 0 bridgehead atoms. The molecule has 1 aliphatic rings. The van der Waals surface area contributed by atoms with Crippen molar-refractivity contribution in [3.63, 3.8) is 0 Å². The van der Waals surface area contributed by atoms with Gasteiger partial charge in [0.15, 0.2) is 11.5 Å². The van der Waals surface area contributed by atoms with Crippen LogP contribution in [0.15, 0.2) is 75.6 Å². The number of amides is 4. The summed E-state index contributed by atoms with van der Waals surface area (Å²) in [5, 5.41) is 11.9. The molecule has 3 aromatic rings. The highest BCUT2D eigenvalue weighted by Gasteiger charge is 2.37. The Balaban J connectivity index is 1.69. The Morgan fingerprint density at radius 2 is 1.68 bits per heavy atom. The number of carbonyl (C=O) groups excluding carboxylic acids is 3. The molecule has 0 aliphatic carbocycles. The third-order valence-corrected chi connectivity index (χ3v) is 7.14. The van der Waals surface area contributed by atoms with Gasteiger partial charge in [0, 0.05) is 5.02 Å². The van der Waals surface area contributed by atoms with Crippen LogP contribution in [0.3, 0.4) is 0 Å². The SMILES string of the molecule is COc1cc(/C=C2\C(=O)NC(=O)N(c3ccc(O)cc3)C2=O)cc(Br)c1OS(=O)(=O)c1ccc(Cl)cc1. The van der Waals surface area contributed by atoms with Crippen LogP contribution >= 0.6 is 27.5 Å². The first-order chi connectivity index (χ1) is 17.5. The molecule has 0 saturated carbocycles. The third kappa shape index (κ3) is 5.45. The molecular weight excluding hydrogens is 592 g/mol. The number of anilines is 1. The quantitative estimate of drug-likeness (QED) is 0.241. The first-order valence-corrected chi connectivity index (χ1v) is 12.9. The molecule has 4 rings (SSSR count). The molecule has 0 spiro atoms. The van der Waals surface area contributed by atoms with Gasteiger partial charge in [-0.1, -0.05) is 11.6 Å². The molecule has 13 heteroatoms. The number of carbonyl (C=O) groups is 3. The van der Waals surface area contributed by atoms with Gasteiger partial charge in [0.25, 0.3) is 11.8 Å². The van der Waals surface area contributed by atoms with Crippen LogP contribution in [-0.4, -0.2) is 38.5 Å². The highest BCUT2D eigenvalue weighted by Crippen LogP contribution is 2.39. The van der Waals surface area contributed by atoms with Crippen LogP contribution in [0, 0.1) is 0 Å². The average molecular weight is 608 g/mol. The number of hydrogen-bond donors (Lipinski definition) is 2. The largest absolute Gasteiger partial charge is 0.508 e. The number of halogens is 2. The van der Waals surface area contributed by atoms with Gasteiger partial charge in [0.1, 0.15) is 16.2 Å². The number of benzene rings is 3. The number of rotatable bonds is 6. The Labute approximate surface area is 224 Å². The lowest BCUT2D eigenvalue weighted by molar-refractivity contribution is -0.122. The van der Waals surface area contributed by atoms with Crippen molar-refractivity contribution in [1.29, 1.82) is 0 Å². The zero-order valence-electron chi connectivity index (χ0n) is 18.8. The van der Waals surface area contributed by atoms with Crippen LogP contribution in [0.5, 0.6) is 17.2 Å². The first-order valence-electron chi connectivity index (χ1n) is 10.3. The van der Waals surface area contributed by atoms with E-state index in [2.05, 4.69) is 21.2 Å². The fourth-order valence-electron chi connectivity index (χ4n) is 3.32. The number of ether oxygens (including phenoxy) is 1. The van der Waals surface area contributed by atoms with Crippen LogP contribution in [0.1, 0.15) is 5.56 Å². The highest BCUT2D eigenvalue weighted by atomic mass is 79.9. The number of barbiturate groups is 1. The lowest BCUT2D eigenvalue weighted by atomic mass is 10.1. The van der Waals surface area contributed by atoms with Crippen LogP contribution in [-0.2, 0) is 19.7 Å². The molecule has 2 N–H and O–H groups in total. The molecule has 0 radical (unpaired) electrons. The molecule has 37 heavy (non-hydrogen) atoms. The van der Waals surface area contributed by atoms with Gasteiger partial charge in [-0.15, -0.1) is 0 Å². The molecule has 0 unspecified atom stereocenters. The number of phenolic OH excluding ortho intramolecular Hbond substituents is 1. The minimum Gasteiger partial charge on any atom is -0.508 e. The van der Waals surface area contributed by atoms with Crippen LogP contribution in [0.25, 0.3) is 6.08 Å². The van der Waals surface area contributed by atoms with Crippen molar-refractivity contribution in [1.82, 2.24) is 5.32 Å². The van der Waals surface area contributed by atoms with Gasteiger partial charge in [0.05, 0.1) is 17.3 Å². The molecule has 1 fully saturated rings. The second-order valence-electron chi connectivity index (χ2n) is 7.50. The number of phenols is 1. The topological polar surface area (TPSA) is 139 Å². The van der Waals surface area contributed by atoms with E-state index in [1.54, 1.807) is 0 Å². The minimum atomic E-state index is -4.25. The van der Waals surface area contributed by atoms with Gasteiger partial charge in [0.2, 0.25) is 0 Å². The fourth-order valence-corrected chi connectivity index (χ4v) is 5.05. The fraction of sp³-hybridized carbons (Fsp3) is 0.0417. The third-order valence-electron chi connectivity index (χ3n) is 5.07. The van der Waals surface area contributed by atoms with Crippen LogP contribution in [0.4, 0.5) is 10.5 Å². The lowest BCUT2D eigenvalue weighted by Crippen LogP contribution is -2.54. The number of urea groups is 1. The summed E-state index contributed by atoms with van der Waals surface area (Å²) in [6.45, 7) is 0. The van der Waals surface area contributed by atoms with Crippen molar-refractivity contribution >= 4 is 67.3 Å². The van der Waals surface area contributed by atoms with Crippen molar-refractivity contribution in [2.24, 2.45) is 0 Å². The highest BCUT2D eigenvalue weighted by molar-refractivity contribution is 9.10. The van der Waals surface area contributed by atoms with Gasteiger partial charge in [-0.25, -0.2) is 9.69 Å². The summed E-state index contributed by atoms with van der Waals surface area (Å²) in [4.78, 5) is 38.5. The van der Waals surface area contributed by atoms with Crippen molar-refractivity contribution in [2.75, 3.05) is 12.0 Å². The predicted octanol–water partition coefficient (Wildman–Crippen LogP) is 4.25. The first kappa shape index (κ1) is 26.2. The summed E-state index contributed by atoms with van der Waals surface area (Å²) < 4.78 is 36.2. The number of nitrogens with zero attached hydrogens (tertiary/aromatic N) is 1. The maximum Gasteiger partial charge on any atom is 0.339 e. The number of imide groups is 2. The molecular formula is C24H16BrClN2O8S. The number of methoxy groups -OCH3 is 1. The Morgan fingerprint density at radius 1 is 1.03 bits per heavy atom. The van der Waals surface area contributed by atoms with E-state index < -0.39 is 28.0 Å². The lowest BCUT2D eigenvalue weighted by Gasteiger charge is -2.26. The summed E-state index contributed by atoms with van der Waals surface area (Å²) in [5.74, 6) is -2.09. The molecule has 190 valence electrons. The molecule has 4 amide bonds. The van der Waals surface area contributed by atoms with Crippen molar-refractivity contribution < 1.29 is 36.8 Å². The number of hydrogen-bond acceptors (Lipinski definition) is 8. The Hall–Kier alpha value is -3.87. The normalized spacial score (nSPS) is 15.1. The summed E-state index contributed by atoms with van der Waals surface area (Å²) in [6, 6.07) is 12.4. The van der Waals surface area contributed by atoms with Crippen LogP contribution < -0.4 is 19.1 Å². The van der Waals surface area contributed by atoms with E-state index in [0.29, 0.717) is 5.02 Å². The van der Waals surface area contributed by atoms with Crippen molar-refractivity contribution in [3.8, 4) is 17.2 Å². The van der Waals surface area contributed by atoms with E-state index in [0.717, 1.165) is 4.90 Å². The molecule has 1 aliphatic heterocycles. The predicted molar refractivity (Wildman–Crippen MR) is 137 cm³/mol. The molecule has 0 aromatic heterocycles. The molecule has 3 aromatic carbocycles. The average Bonchev–Trinajstić information content (AvgIpc) is 2.84. The van der Waals surface area contributed by atoms with Gasteiger partial charge in [-0.3, -0.25) is 14.9 Å². The second kappa shape index (κ2) is 10.2. The molecule has 1 heterocycles. The van der Waals surface area contributed by atoms with E-state index in [1.807, 2.05) is 0 Å². The maximum atomic E-state index is 13.1. The van der Waals surface area contributed by atoms with E-state index in [-0.39, 0.29) is 43.4 Å². The molecule has 0 atom stereocenters. The number of nitrogens with one attached hydrogen (secondary N) is 1. The van der Waals surface area contributed by atoms with E-state index >= 15 is 0 Å². The maximum absolute atomic E-state index is 13.1. The standard InChI is InChI=1S/C24H16BrClN2O8S/c1-35-20-12-13(11-19(25)21(20)36-37(33,34)17-8-2-14(26)3-9-17)10-18-22(30)27-24(32)28(23(18)31)15-4-6-16(29)7-5-15/h2-12,29H,1H3,(H,27,30,32)/b18-10+. The Morgan fingerprint density at radius 3 is 2.30 bits per heavy atom. The van der Waals surface area contributed by atoms with Crippen molar-refractivity contribution in [2.45, 2.75) is 4.90 Å². The smallest absolute Gasteiger partial charge is 0.339 e. The van der Waals surface area contributed by atoms with E-state index in [9.17, 15) is 27.9 Å². The summed E-state index contributed by atoms with van der Waals surface area (Å²) >= 11 is 9.06. The van der Waals surface area contributed by atoms with Gasteiger partial charge >= 0.3 is 16.1 Å². The van der Waals surface area contributed by atoms with Gasteiger partial charge in [-0.05, 0) is 88.2 Å². The Bertz CT molecular complexity index is 1550.